The summed E-state index contributed by atoms with van der Waals surface area (Å²) in [6.45, 7) is 6.90. The summed E-state index contributed by atoms with van der Waals surface area (Å²) in [5.41, 5.74) is 3.41. The van der Waals surface area contributed by atoms with Gasteiger partial charge in [0.2, 0.25) is 0 Å². The molecule has 1 saturated heterocycles. The van der Waals surface area contributed by atoms with Gasteiger partial charge in [0, 0.05) is 67.0 Å². The molecule has 2 aliphatic heterocycles. The summed E-state index contributed by atoms with van der Waals surface area (Å²) in [5, 5.41) is 6.10. The van der Waals surface area contributed by atoms with Crippen molar-refractivity contribution in [2.45, 2.75) is 45.3 Å². The predicted molar refractivity (Wildman–Crippen MR) is 149 cm³/mol. The van der Waals surface area contributed by atoms with Crippen LogP contribution in [0, 0.1) is 6.92 Å². The van der Waals surface area contributed by atoms with Crippen molar-refractivity contribution in [3.8, 4) is 5.75 Å². The lowest BCUT2D eigenvalue weighted by atomic mass is 9.92. The number of fused-ring (bicyclic) bond motifs is 1. The van der Waals surface area contributed by atoms with Crippen LogP contribution in [-0.4, -0.2) is 78.8 Å². The smallest absolute Gasteiger partial charge is 0.319 e. The van der Waals surface area contributed by atoms with Gasteiger partial charge in [-0.1, -0.05) is 23.7 Å². The third kappa shape index (κ3) is 6.46. The second-order valence-electron chi connectivity index (χ2n) is 10.4. The molecule has 2 aromatic carbocycles. The summed E-state index contributed by atoms with van der Waals surface area (Å²) in [5.74, 6) is 0.123. The Morgan fingerprint density at radius 1 is 1.15 bits per heavy atom. The fourth-order valence-electron chi connectivity index (χ4n) is 5.26. The maximum Gasteiger partial charge on any atom is 0.319 e. The molecule has 11 heteroatoms. The predicted octanol–water partition coefficient (Wildman–Crippen LogP) is 3.33. The number of hydrogen-bond donors (Lipinski definition) is 2. The van der Waals surface area contributed by atoms with Crippen LogP contribution in [0.4, 0.5) is 10.5 Å². The monoisotopic (exact) mass is 568 g/mol. The van der Waals surface area contributed by atoms with Crippen LogP contribution in [0.25, 0.3) is 0 Å². The number of amides is 3. The number of halogens is 1. The lowest BCUT2D eigenvalue weighted by Crippen LogP contribution is -2.44. The van der Waals surface area contributed by atoms with Gasteiger partial charge in [0.1, 0.15) is 18.1 Å². The van der Waals surface area contributed by atoms with Crippen molar-refractivity contribution in [2.24, 2.45) is 0 Å². The molecular weight excluding hydrogens is 536 g/mol. The first kappa shape index (κ1) is 28.1. The minimum atomic E-state index is -0.556. The number of rotatable bonds is 8. The van der Waals surface area contributed by atoms with E-state index in [1.807, 2.05) is 19.1 Å². The minimum absolute atomic E-state index is 0.0718. The molecule has 10 nitrogen and oxygen atoms in total. The standard InChI is InChI=1S/C29H33ClN4O6/c1-18-24(30)13-21(14-27(18)40-11-8-33-6-9-39-10-7-33)32-29(38)31-16-19-2-3-20-17-34(28(37)23(20)12-19)25-5-4-22(35)15-26(25)36/h2-3,12-14,25H,4-11,15-17H2,1H3,(H2,31,32,38). The van der Waals surface area contributed by atoms with Crippen LogP contribution in [0.5, 0.6) is 5.75 Å². The molecule has 2 N–H and O–H groups in total. The van der Waals surface area contributed by atoms with E-state index in [9.17, 15) is 19.2 Å². The first-order valence-electron chi connectivity index (χ1n) is 13.5. The normalized spacial score (nSPS) is 19.5. The fourth-order valence-corrected chi connectivity index (χ4v) is 5.47. The minimum Gasteiger partial charge on any atom is -0.492 e. The molecule has 212 valence electrons. The molecule has 2 heterocycles. The van der Waals surface area contributed by atoms with E-state index in [4.69, 9.17) is 21.1 Å². The molecule has 1 unspecified atom stereocenters. The molecule has 5 rings (SSSR count). The average Bonchev–Trinajstić information content (AvgIpc) is 3.26. The van der Waals surface area contributed by atoms with Crippen LogP contribution < -0.4 is 15.4 Å². The van der Waals surface area contributed by atoms with Gasteiger partial charge in [0.15, 0.2) is 5.78 Å². The molecule has 1 saturated carbocycles. The number of hydrogen-bond acceptors (Lipinski definition) is 7. The molecule has 1 aliphatic carbocycles. The number of morpholine rings is 1. The molecule has 0 radical (unpaired) electrons. The number of nitrogens with zero attached hydrogens (tertiary/aromatic N) is 2. The fraction of sp³-hybridized carbons (Fsp3) is 0.448. The summed E-state index contributed by atoms with van der Waals surface area (Å²) in [6, 6.07) is 7.90. The van der Waals surface area contributed by atoms with Gasteiger partial charge >= 0.3 is 6.03 Å². The molecule has 2 fully saturated rings. The van der Waals surface area contributed by atoms with Crippen LogP contribution in [0.15, 0.2) is 30.3 Å². The summed E-state index contributed by atoms with van der Waals surface area (Å²) >= 11 is 6.40. The van der Waals surface area contributed by atoms with Gasteiger partial charge in [-0.25, -0.2) is 4.79 Å². The summed E-state index contributed by atoms with van der Waals surface area (Å²) < 4.78 is 11.4. The maximum atomic E-state index is 13.1. The largest absolute Gasteiger partial charge is 0.492 e. The van der Waals surface area contributed by atoms with Crippen LogP contribution in [-0.2, 0) is 27.4 Å². The zero-order valence-electron chi connectivity index (χ0n) is 22.5. The summed E-state index contributed by atoms with van der Waals surface area (Å²) in [4.78, 5) is 53.5. The van der Waals surface area contributed by atoms with Crippen molar-refractivity contribution < 1.29 is 28.7 Å². The van der Waals surface area contributed by atoms with Crippen molar-refractivity contribution in [2.75, 3.05) is 44.8 Å². The zero-order valence-corrected chi connectivity index (χ0v) is 23.2. The Labute approximate surface area is 237 Å². The van der Waals surface area contributed by atoms with E-state index < -0.39 is 12.1 Å². The molecule has 0 bridgehead atoms. The van der Waals surface area contributed by atoms with Gasteiger partial charge < -0.3 is 25.0 Å². The van der Waals surface area contributed by atoms with Crippen molar-refractivity contribution in [3.05, 3.63) is 57.6 Å². The van der Waals surface area contributed by atoms with E-state index in [0.29, 0.717) is 48.0 Å². The third-order valence-corrected chi connectivity index (χ3v) is 7.99. The zero-order chi connectivity index (χ0) is 28.2. The number of carbonyl (C=O) groups excluding carboxylic acids is 4. The van der Waals surface area contributed by atoms with E-state index in [1.54, 1.807) is 23.1 Å². The Bertz CT molecular complexity index is 1330. The number of anilines is 1. The van der Waals surface area contributed by atoms with E-state index in [0.717, 1.165) is 49.5 Å². The van der Waals surface area contributed by atoms with Gasteiger partial charge in [-0.2, -0.15) is 0 Å². The highest BCUT2D eigenvalue weighted by Gasteiger charge is 2.38. The first-order valence-corrected chi connectivity index (χ1v) is 13.9. The van der Waals surface area contributed by atoms with Crippen molar-refractivity contribution >= 4 is 40.8 Å². The highest BCUT2D eigenvalue weighted by Crippen LogP contribution is 2.31. The lowest BCUT2D eigenvalue weighted by molar-refractivity contribution is -0.133. The average molecular weight is 569 g/mol. The van der Waals surface area contributed by atoms with Gasteiger partial charge in [0.25, 0.3) is 5.91 Å². The molecule has 3 amide bonds. The Morgan fingerprint density at radius 3 is 2.73 bits per heavy atom. The number of urea groups is 1. The highest BCUT2D eigenvalue weighted by atomic mass is 35.5. The first-order chi connectivity index (χ1) is 19.3. The van der Waals surface area contributed by atoms with Crippen LogP contribution in [0.3, 0.4) is 0 Å². The lowest BCUT2D eigenvalue weighted by Gasteiger charge is -2.29. The van der Waals surface area contributed by atoms with E-state index in [2.05, 4.69) is 15.5 Å². The molecule has 1 atom stereocenters. The Balaban J connectivity index is 1.15. The second-order valence-corrected chi connectivity index (χ2v) is 10.8. The maximum absolute atomic E-state index is 13.1. The van der Waals surface area contributed by atoms with Gasteiger partial charge in [-0.3, -0.25) is 19.3 Å². The molecule has 0 spiro atoms. The Kier molecular flexibility index (Phi) is 8.68. The number of benzene rings is 2. The van der Waals surface area contributed by atoms with Crippen LogP contribution in [0.1, 0.15) is 46.3 Å². The SMILES string of the molecule is Cc1c(Cl)cc(NC(=O)NCc2ccc3c(c2)C(=O)N(C2CCC(=O)CC2=O)C3)cc1OCCN1CCOCC1. The van der Waals surface area contributed by atoms with Gasteiger partial charge in [-0.15, -0.1) is 0 Å². The van der Waals surface area contributed by atoms with E-state index in [-0.39, 0.29) is 30.4 Å². The molecular formula is C29H33ClN4O6. The number of nitrogens with one attached hydrogen (secondary N) is 2. The van der Waals surface area contributed by atoms with E-state index >= 15 is 0 Å². The topological polar surface area (TPSA) is 117 Å². The van der Waals surface area contributed by atoms with Crippen LogP contribution >= 0.6 is 11.6 Å². The quantitative estimate of drug-likeness (QED) is 0.469. The molecule has 3 aliphatic rings. The second kappa shape index (κ2) is 12.4. The van der Waals surface area contributed by atoms with Crippen molar-refractivity contribution in [1.29, 1.82) is 0 Å². The Morgan fingerprint density at radius 2 is 1.95 bits per heavy atom. The number of ether oxygens (including phenoxy) is 2. The molecule has 0 aromatic heterocycles. The van der Waals surface area contributed by atoms with Gasteiger partial charge in [-0.05, 0) is 36.6 Å². The highest BCUT2D eigenvalue weighted by molar-refractivity contribution is 6.32. The number of Topliss-reactive ketones (excluding diaryl/α,β-unsaturated/α-hetero) is 2. The molecule has 40 heavy (non-hydrogen) atoms. The van der Waals surface area contributed by atoms with Crippen molar-refractivity contribution in [1.82, 2.24) is 15.1 Å². The Hall–Kier alpha value is -3.47. The van der Waals surface area contributed by atoms with Crippen molar-refractivity contribution in [3.63, 3.8) is 0 Å². The summed E-state index contributed by atoms with van der Waals surface area (Å²) in [7, 11) is 0. The summed E-state index contributed by atoms with van der Waals surface area (Å²) in [6.07, 6.45) is 0.577. The van der Waals surface area contributed by atoms with Gasteiger partial charge in [0.05, 0.1) is 25.7 Å². The van der Waals surface area contributed by atoms with Crippen LogP contribution in [0.2, 0.25) is 5.02 Å². The number of ketones is 2. The molecule has 2 aromatic rings. The number of carbonyl (C=O) groups is 4. The third-order valence-electron chi connectivity index (χ3n) is 7.60. The van der Waals surface area contributed by atoms with E-state index in [1.165, 1.54) is 0 Å².